The Balaban J connectivity index is 1.92. The molecule has 0 amide bonds. The molecule has 0 spiro atoms. The molecule has 0 fully saturated rings. The van der Waals surface area contributed by atoms with Gasteiger partial charge in [0, 0.05) is 5.56 Å². The van der Waals surface area contributed by atoms with E-state index < -0.39 is 0 Å². The Labute approximate surface area is 123 Å². The van der Waals surface area contributed by atoms with Crippen LogP contribution in [0.3, 0.4) is 0 Å². The standard InChI is InChI=1S/C18H28O2/c1-2-3-4-5-6-7-8-9-10-15-20-18-13-11-17(16-19)12-14-18/h11-14,16H,2-10,15H2,1H3. The molecule has 112 valence electrons. The summed E-state index contributed by atoms with van der Waals surface area (Å²) in [6.07, 6.45) is 12.8. The monoisotopic (exact) mass is 276 g/mol. The Morgan fingerprint density at radius 3 is 1.95 bits per heavy atom. The smallest absolute Gasteiger partial charge is 0.150 e. The molecule has 0 saturated heterocycles. The van der Waals surface area contributed by atoms with Crippen molar-refractivity contribution in [1.82, 2.24) is 0 Å². The van der Waals surface area contributed by atoms with Crippen molar-refractivity contribution in [2.24, 2.45) is 0 Å². The Morgan fingerprint density at radius 2 is 1.40 bits per heavy atom. The average molecular weight is 276 g/mol. The summed E-state index contributed by atoms with van der Waals surface area (Å²) in [7, 11) is 0. The maximum atomic E-state index is 10.5. The van der Waals surface area contributed by atoms with Crippen LogP contribution in [0.25, 0.3) is 0 Å². The maximum Gasteiger partial charge on any atom is 0.150 e. The first-order chi connectivity index (χ1) is 9.86. The molecule has 1 aromatic rings. The molecule has 0 radical (unpaired) electrons. The highest BCUT2D eigenvalue weighted by molar-refractivity contribution is 5.74. The Bertz CT molecular complexity index is 343. The molecule has 0 bridgehead atoms. The van der Waals surface area contributed by atoms with Crippen molar-refractivity contribution >= 4 is 6.29 Å². The van der Waals surface area contributed by atoms with E-state index in [4.69, 9.17) is 4.74 Å². The lowest BCUT2D eigenvalue weighted by atomic mass is 10.1. The molecule has 0 atom stereocenters. The van der Waals surface area contributed by atoms with Crippen LogP contribution in [0.1, 0.15) is 75.1 Å². The number of aldehydes is 1. The van der Waals surface area contributed by atoms with Gasteiger partial charge in [-0.1, -0.05) is 58.3 Å². The molecule has 1 aromatic carbocycles. The van der Waals surface area contributed by atoms with Gasteiger partial charge in [0.2, 0.25) is 0 Å². The van der Waals surface area contributed by atoms with Gasteiger partial charge in [0.1, 0.15) is 12.0 Å². The van der Waals surface area contributed by atoms with Crippen LogP contribution >= 0.6 is 0 Å². The van der Waals surface area contributed by atoms with Gasteiger partial charge in [0.25, 0.3) is 0 Å². The molecule has 20 heavy (non-hydrogen) atoms. The van der Waals surface area contributed by atoms with E-state index in [-0.39, 0.29) is 0 Å². The first-order valence-electron chi connectivity index (χ1n) is 8.05. The second-order valence-corrected chi connectivity index (χ2v) is 5.36. The number of carbonyl (C=O) groups excluding carboxylic acids is 1. The van der Waals surface area contributed by atoms with Crippen LogP contribution in [0.4, 0.5) is 0 Å². The highest BCUT2D eigenvalue weighted by atomic mass is 16.5. The van der Waals surface area contributed by atoms with Crippen molar-refractivity contribution in [1.29, 1.82) is 0 Å². The summed E-state index contributed by atoms with van der Waals surface area (Å²) in [5.74, 6) is 0.857. The molecule has 0 aliphatic rings. The van der Waals surface area contributed by atoms with Gasteiger partial charge < -0.3 is 4.74 Å². The summed E-state index contributed by atoms with van der Waals surface area (Å²) in [6, 6.07) is 7.30. The lowest BCUT2D eigenvalue weighted by molar-refractivity contribution is 0.112. The van der Waals surface area contributed by atoms with Crippen molar-refractivity contribution in [2.45, 2.75) is 64.7 Å². The first kappa shape index (κ1) is 16.7. The average Bonchev–Trinajstić information content (AvgIpc) is 2.50. The van der Waals surface area contributed by atoms with E-state index in [0.717, 1.165) is 25.1 Å². The van der Waals surface area contributed by atoms with Gasteiger partial charge in [-0.25, -0.2) is 0 Å². The largest absolute Gasteiger partial charge is 0.494 e. The molecular weight excluding hydrogens is 248 g/mol. The first-order valence-corrected chi connectivity index (χ1v) is 8.05. The van der Waals surface area contributed by atoms with E-state index in [0.29, 0.717) is 5.56 Å². The molecule has 0 unspecified atom stereocenters. The summed E-state index contributed by atoms with van der Waals surface area (Å²) >= 11 is 0. The van der Waals surface area contributed by atoms with Gasteiger partial charge in [-0.05, 0) is 30.7 Å². The Morgan fingerprint density at radius 1 is 0.850 bits per heavy atom. The van der Waals surface area contributed by atoms with Crippen molar-refractivity contribution in [3.05, 3.63) is 29.8 Å². The quantitative estimate of drug-likeness (QED) is 0.377. The highest BCUT2D eigenvalue weighted by Gasteiger charge is 1.95. The second kappa shape index (κ2) is 11.5. The number of hydrogen-bond donors (Lipinski definition) is 0. The summed E-state index contributed by atoms with van der Waals surface area (Å²) in [5, 5.41) is 0. The maximum absolute atomic E-state index is 10.5. The molecule has 1 rings (SSSR count). The fraction of sp³-hybridized carbons (Fsp3) is 0.611. The van der Waals surface area contributed by atoms with Crippen LogP contribution in [0.15, 0.2) is 24.3 Å². The van der Waals surface area contributed by atoms with Gasteiger partial charge in [-0.15, -0.1) is 0 Å². The minimum absolute atomic E-state index is 0.695. The van der Waals surface area contributed by atoms with E-state index >= 15 is 0 Å². The van der Waals surface area contributed by atoms with Crippen LogP contribution in [0.5, 0.6) is 5.75 Å². The topological polar surface area (TPSA) is 26.3 Å². The van der Waals surface area contributed by atoms with Crippen molar-refractivity contribution in [3.63, 3.8) is 0 Å². The van der Waals surface area contributed by atoms with Crippen LogP contribution < -0.4 is 4.74 Å². The lowest BCUT2D eigenvalue weighted by Gasteiger charge is -2.06. The fourth-order valence-electron chi connectivity index (χ4n) is 2.25. The van der Waals surface area contributed by atoms with Crippen molar-refractivity contribution in [3.8, 4) is 5.75 Å². The van der Waals surface area contributed by atoms with Gasteiger partial charge >= 0.3 is 0 Å². The van der Waals surface area contributed by atoms with E-state index in [1.165, 1.54) is 51.4 Å². The summed E-state index contributed by atoms with van der Waals surface area (Å²) in [4.78, 5) is 10.5. The highest BCUT2D eigenvalue weighted by Crippen LogP contribution is 2.13. The van der Waals surface area contributed by atoms with Crippen molar-refractivity contribution in [2.75, 3.05) is 6.61 Å². The van der Waals surface area contributed by atoms with E-state index in [1.807, 2.05) is 12.1 Å². The molecule has 0 N–H and O–H groups in total. The molecular formula is C18H28O2. The minimum atomic E-state index is 0.695. The van der Waals surface area contributed by atoms with Gasteiger partial charge in [0.05, 0.1) is 6.61 Å². The molecule has 0 aliphatic carbocycles. The number of hydrogen-bond acceptors (Lipinski definition) is 2. The third kappa shape index (κ3) is 7.98. The van der Waals surface area contributed by atoms with E-state index in [1.54, 1.807) is 12.1 Å². The van der Waals surface area contributed by atoms with E-state index in [9.17, 15) is 4.79 Å². The molecule has 0 aliphatic heterocycles. The number of benzene rings is 1. The SMILES string of the molecule is CCCCCCCCCCCOc1ccc(C=O)cc1. The number of carbonyl (C=O) groups is 1. The number of rotatable bonds is 12. The zero-order valence-electron chi connectivity index (χ0n) is 12.8. The molecule has 2 nitrogen and oxygen atoms in total. The zero-order valence-corrected chi connectivity index (χ0v) is 12.8. The molecule has 0 saturated carbocycles. The van der Waals surface area contributed by atoms with Crippen molar-refractivity contribution < 1.29 is 9.53 Å². The van der Waals surface area contributed by atoms with Crippen LogP contribution in [0, 0.1) is 0 Å². The van der Waals surface area contributed by atoms with Crippen LogP contribution in [-0.4, -0.2) is 12.9 Å². The third-order valence-corrected chi connectivity index (χ3v) is 3.53. The molecule has 2 heteroatoms. The normalized spacial score (nSPS) is 10.4. The predicted molar refractivity (Wildman–Crippen MR) is 84.6 cm³/mol. The summed E-state index contributed by atoms with van der Waals surface area (Å²) < 4.78 is 5.65. The zero-order chi connectivity index (χ0) is 14.5. The molecule has 0 aromatic heterocycles. The predicted octanol–water partition coefficient (Wildman–Crippen LogP) is 5.41. The number of ether oxygens (including phenoxy) is 1. The fourth-order valence-corrected chi connectivity index (χ4v) is 2.25. The Hall–Kier alpha value is -1.31. The minimum Gasteiger partial charge on any atom is -0.494 e. The lowest BCUT2D eigenvalue weighted by Crippen LogP contribution is -1.97. The van der Waals surface area contributed by atoms with Crippen LogP contribution in [0.2, 0.25) is 0 Å². The van der Waals surface area contributed by atoms with Gasteiger partial charge in [-0.2, -0.15) is 0 Å². The number of unbranched alkanes of at least 4 members (excludes halogenated alkanes) is 8. The van der Waals surface area contributed by atoms with E-state index in [2.05, 4.69) is 6.92 Å². The third-order valence-electron chi connectivity index (χ3n) is 3.53. The van der Waals surface area contributed by atoms with Crippen LogP contribution in [-0.2, 0) is 0 Å². The summed E-state index contributed by atoms with van der Waals surface area (Å²) in [5.41, 5.74) is 0.695. The Kier molecular flexibility index (Phi) is 9.64. The molecule has 0 heterocycles. The summed E-state index contributed by atoms with van der Waals surface area (Å²) in [6.45, 7) is 3.03. The van der Waals surface area contributed by atoms with Gasteiger partial charge in [0.15, 0.2) is 0 Å². The van der Waals surface area contributed by atoms with Gasteiger partial charge in [-0.3, -0.25) is 4.79 Å². The second-order valence-electron chi connectivity index (χ2n) is 5.36.